The second-order valence-corrected chi connectivity index (χ2v) is 5.38. The Morgan fingerprint density at radius 1 is 1.50 bits per heavy atom. The average Bonchev–Trinajstić information content (AvgIpc) is 2.24. The number of hydrazine groups is 1. The van der Waals surface area contributed by atoms with Crippen molar-refractivity contribution in [2.24, 2.45) is 5.84 Å². The summed E-state index contributed by atoms with van der Waals surface area (Å²) in [5, 5.41) is 0. The molecule has 1 aromatic rings. The summed E-state index contributed by atoms with van der Waals surface area (Å²) in [6.07, 6.45) is 6.21. The molecule has 1 aliphatic carbocycles. The van der Waals surface area contributed by atoms with Gasteiger partial charge in [-0.2, -0.15) is 11.8 Å². The van der Waals surface area contributed by atoms with Gasteiger partial charge in [-0.25, -0.2) is 0 Å². The minimum atomic E-state index is 0.273. The Morgan fingerprint density at radius 3 is 2.88 bits per heavy atom. The molecule has 1 unspecified atom stereocenters. The number of rotatable bonds is 5. The Hall–Kier alpha value is -0.510. The molecule has 0 aliphatic heterocycles. The Bertz CT molecular complexity index is 336. The number of benzene rings is 1. The normalized spacial score (nSPS) is 18.1. The molecule has 3 N–H and O–H groups in total. The highest BCUT2D eigenvalue weighted by Gasteiger charge is 2.20. The summed E-state index contributed by atoms with van der Waals surface area (Å²) in [6, 6.07) is 9.18. The van der Waals surface area contributed by atoms with E-state index in [0.717, 1.165) is 11.7 Å². The van der Waals surface area contributed by atoms with Crippen LogP contribution >= 0.6 is 11.8 Å². The number of nitrogens with one attached hydrogen (secondary N) is 1. The molecule has 16 heavy (non-hydrogen) atoms. The Balaban J connectivity index is 2.13. The van der Waals surface area contributed by atoms with Gasteiger partial charge in [-0.05, 0) is 36.1 Å². The van der Waals surface area contributed by atoms with E-state index in [9.17, 15) is 0 Å². The van der Waals surface area contributed by atoms with Crippen LogP contribution < -0.4 is 11.3 Å². The van der Waals surface area contributed by atoms with Crippen molar-refractivity contribution in [2.45, 2.75) is 31.2 Å². The summed E-state index contributed by atoms with van der Waals surface area (Å²) >= 11 is 1.82. The van der Waals surface area contributed by atoms with Crippen LogP contribution in [-0.4, -0.2) is 12.0 Å². The molecule has 1 fully saturated rings. The van der Waals surface area contributed by atoms with Crippen molar-refractivity contribution in [3.8, 4) is 0 Å². The first-order valence-corrected chi connectivity index (χ1v) is 7.29. The summed E-state index contributed by atoms with van der Waals surface area (Å²) in [4.78, 5) is 0. The van der Waals surface area contributed by atoms with E-state index in [4.69, 9.17) is 5.84 Å². The van der Waals surface area contributed by atoms with Gasteiger partial charge in [-0.3, -0.25) is 11.3 Å². The quantitative estimate of drug-likeness (QED) is 0.610. The van der Waals surface area contributed by atoms with Gasteiger partial charge in [0.15, 0.2) is 0 Å². The van der Waals surface area contributed by atoms with Gasteiger partial charge < -0.3 is 0 Å². The minimum Gasteiger partial charge on any atom is -0.271 e. The molecule has 1 aliphatic rings. The summed E-state index contributed by atoms with van der Waals surface area (Å²) < 4.78 is 0. The molecule has 0 heterocycles. The van der Waals surface area contributed by atoms with Gasteiger partial charge in [0.2, 0.25) is 0 Å². The van der Waals surface area contributed by atoms with Crippen molar-refractivity contribution in [3.63, 3.8) is 0 Å². The smallest absolute Gasteiger partial charge is 0.0550 e. The molecule has 0 aromatic heterocycles. The first-order valence-electron chi connectivity index (χ1n) is 5.90. The third kappa shape index (κ3) is 2.59. The zero-order valence-electron chi connectivity index (χ0n) is 9.78. The molecular formula is C13H20N2S. The maximum absolute atomic E-state index is 5.60. The van der Waals surface area contributed by atoms with Crippen LogP contribution in [0.4, 0.5) is 0 Å². The van der Waals surface area contributed by atoms with Gasteiger partial charge in [-0.15, -0.1) is 0 Å². The first-order chi connectivity index (χ1) is 7.85. The highest BCUT2D eigenvalue weighted by atomic mass is 32.2. The van der Waals surface area contributed by atoms with Crippen LogP contribution in [0.25, 0.3) is 0 Å². The molecule has 1 aromatic carbocycles. The highest BCUT2D eigenvalue weighted by molar-refractivity contribution is 7.98. The van der Waals surface area contributed by atoms with Gasteiger partial charge in [0.05, 0.1) is 6.04 Å². The van der Waals surface area contributed by atoms with Gasteiger partial charge in [0.1, 0.15) is 0 Å². The van der Waals surface area contributed by atoms with Gasteiger partial charge in [0, 0.05) is 5.75 Å². The fraction of sp³-hybridized carbons (Fsp3) is 0.538. The van der Waals surface area contributed by atoms with Gasteiger partial charge in [-0.1, -0.05) is 30.7 Å². The molecule has 1 saturated carbocycles. The molecule has 2 nitrogen and oxygen atoms in total. The van der Waals surface area contributed by atoms with Crippen LogP contribution in [0.3, 0.4) is 0 Å². The predicted molar refractivity (Wildman–Crippen MR) is 71.5 cm³/mol. The van der Waals surface area contributed by atoms with Crippen molar-refractivity contribution in [2.75, 3.05) is 12.0 Å². The minimum absolute atomic E-state index is 0.273. The Morgan fingerprint density at radius 2 is 2.31 bits per heavy atom. The van der Waals surface area contributed by atoms with Crippen LogP contribution in [0, 0.1) is 0 Å². The fourth-order valence-electron chi connectivity index (χ4n) is 2.18. The van der Waals surface area contributed by atoms with Crippen LogP contribution in [-0.2, 0) is 0 Å². The lowest BCUT2D eigenvalue weighted by atomic mass is 9.79. The lowest BCUT2D eigenvalue weighted by Crippen LogP contribution is -2.29. The van der Waals surface area contributed by atoms with Gasteiger partial charge >= 0.3 is 0 Å². The second kappa shape index (κ2) is 5.71. The molecule has 1 atom stereocenters. The van der Waals surface area contributed by atoms with E-state index in [2.05, 4.69) is 35.9 Å². The summed E-state index contributed by atoms with van der Waals surface area (Å²) in [7, 11) is 0. The maximum Gasteiger partial charge on any atom is 0.0550 e. The topological polar surface area (TPSA) is 38.0 Å². The predicted octanol–water partition coefficient (Wildman–Crippen LogP) is 2.82. The van der Waals surface area contributed by atoms with E-state index >= 15 is 0 Å². The number of nitrogens with two attached hydrogens (primary N) is 1. The van der Waals surface area contributed by atoms with Crippen LogP contribution in [0.1, 0.15) is 42.3 Å². The van der Waals surface area contributed by atoms with Crippen molar-refractivity contribution in [1.82, 2.24) is 5.43 Å². The fourth-order valence-corrected chi connectivity index (χ4v) is 2.80. The van der Waals surface area contributed by atoms with Crippen molar-refractivity contribution in [1.29, 1.82) is 0 Å². The highest BCUT2D eigenvalue weighted by Crippen LogP contribution is 2.37. The number of hydrogen-bond acceptors (Lipinski definition) is 3. The lowest BCUT2D eigenvalue weighted by Gasteiger charge is -2.27. The molecule has 0 radical (unpaired) electrons. The third-order valence-electron chi connectivity index (χ3n) is 3.42. The second-order valence-electron chi connectivity index (χ2n) is 4.47. The molecule has 0 spiro atoms. The monoisotopic (exact) mass is 236 g/mol. The Labute approximate surface area is 102 Å². The molecule has 3 heteroatoms. The first kappa shape index (κ1) is 12.0. The third-order valence-corrected chi connectivity index (χ3v) is 4.09. The van der Waals surface area contributed by atoms with E-state index in [1.807, 2.05) is 11.8 Å². The SMILES string of the molecule is CSCC(NN)c1cccc(C2CCC2)c1. The molecular weight excluding hydrogens is 216 g/mol. The number of hydrogen-bond donors (Lipinski definition) is 2. The van der Waals surface area contributed by atoms with Crippen molar-refractivity contribution in [3.05, 3.63) is 35.4 Å². The van der Waals surface area contributed by atoms with E-state index in [1.165, 1.54) is 30.4 Å². The van der Waals surface area contributed by atoms with Crippen LogP contribution in [0.2, 0.25) is 0 Å². The zero-order valence-corrected chi connectivity index (χ0v) is 10.6. The molecule has 2 rings (SSSR count). The summed E-state index contributed by atoms with van der Waals surface area (Å²) in [5.41, 5.74) is 5.71. The Kier molecular flexibility index (Phi) is 4.27. The molecule has 88 valence electrons. The summed E-state index contributed by atoms with van der Waals surface area (Å²) in [6.45, 7) is 0. The van der Waals surface area contributed by atoms with E-state index in [-0.39, 0.29) is 6.04 Å². The average molecular weight is 236 g/mol. The van der Waals surface area contributed by atoms with E-state index in [0.29, 0.717) is 0 Å². The maximum atomic E-state index is 5.60. The number of thioether (sulfide) groups is 1. The zero-order chi connectivity index (χ0) is 11.4. The largest absolute Gasteiger partial charge is 0.271 e. The van der Waals surface area contributed by atoms with Crippen molar-refractivity contribution < 1.29 is 0 Å². The summed E-state index contributed by atoms with van der Waals surface area (Å²) in [5.74, 6) is 7.42. The molecule has 0 amide bonds. The van der Waals surface area contributed by atoms with Gasteiger partial charge in [0.25, 0.3) is 0 Å². The van der Waals surface area contributed by atoms with Crippen molar-refractivity contribution >= 4 is 11.8 Å². The van der Waals surface area contributed by atoms with Crippen LogP contribution in [0.15, 0.2) is 24.3 Å². The van der Waals surface area contributed by atoms with Crippen LogP contribution in [0.5, 0.6) is 0 Å². The van der Waals surface area contributed by atoms with E-state index in [1.54, 1.807) is 0 Å². The standard InChI is InChI=1S/C13H20N2S/c1-16-9-13(15-14)12-7-3-6-11(8-12)10-4-2-5-10/h3,6-8,10,13,15H,2,4-5,9,14H2,1H3. The molecule has 0 bridgehead atoms. The molecule has 0 saturated heterocycles. The van der Waals surface area contributed by atoms with E-state index < -0.39 is 0 Å². The lowest BCUT2D eigenvalue weighted by molar-refractivity contribution is 0.419.